The van der Waals surface area contributed by atoms with Crippen LogP contribution in [-0.2, 0) is 16.6 Å². The van der Waals surface area contributed by atoms with E-state index in [4.69, 9.17) is 4.52 Å². The van der Waals surface area contributed by atoms with Crippen molar-refractivity contribution in [1.29, 1.82) is 0 Å². The normalized spacial score (nSPS) is 16.2. The maximum absolute atomic E-state index is 13.0. The van der Waals surface area contributed by atoms with E-state index in [1.807, 2.05) is 38.1 Å². The van der Waals surface area contributed by atoms with E-state index in [1.54, 1.807) is 22.8 Å². The molecule has 4 rings (SSSR count). The van der Waals surface area contributed by atoms with Crippen molar-refractivity contribution in [2.24, 2.45) is 0 Å². The van der Waals surface area contributed by atoms with Crippen molar-refractivity contribution in [2.75, 3.05) is 26.2 Å². The fourth-order valence-electron chi connectivity index (χ4n) is 3.37. The molecule has 0 amide bonds. The van der Waals surface area contributed by atoms with Crippen molar-refractivity contribution >= 4 is 10.0 Å². The number of sulfonamides is 1. The van der Waals surface area contributed by atoms with Gasteiger partial charge >= 0.3 is 0 Å². The zero-order valence-corrected chi connectivity index (χ0v) is 17.3. The largest absolute Gasteiger partial charge is 0.338 e. The molecule has 0 bridgehead atoms. The SMILES string of the molecule is Cc1ccc(C)c(S(=O)(=O)N2CCN(Cc3nc(-c4cccnc4)no3)CC2)c1. The zero-order chi connectivity index (χ0) is 20.4. The van der Waals surface area contributed by atoms with Gasteiger partial charge in [-0.05, 0) is 43.2 Å². The molecule has 0 atom stereocenters. The Morgan fingerprint density at radius 1 is 1.10 bits per heavy atom. The molecule has 1 aliphatic heterocycles. The molecule has 0 N–H and O–H groups in total. The lowest BCUT2D eigenvalue weighted by Crippen LogP contribution is -2.48. The lowest BCUT2D eigenvalue weighted by molar-refractivity contribution is 0.163. The van der Waals surface area contributed by atoms with E-state index in [0.29, 0.717) is 49.3 Å². The smallest absolute Gasteiger partial charge is 0.243 e. The summed E-state index contributed by atoms with van der Waals surface area (Å²) in [4.78, 5) is 11.0. The molecule has 3 aromatic rings. The molecule has 3 heterocycles. The lowest BCUT2D eigenvalue weighted by Gasteiger charge is -2.33. The third-order valence-corrected chi connectivity index (χ3v) is 7.08. The van der Waals surface area contributed by atoms with Crippen LogP contribution in [0.1, 0.15) is 17.0 Å². The number of hydrogen-bond acceptors (Lipinski definition) is 7. The summed E-state index contributed by atoms with van der Waals surface area (Å²) in [6, 6.07) is 9.22. The van der Waals surface area contributed by atoms with E-state index in [-0.39, 0.29) is 0 Å². The Balaban J connectivity index is 1.40. The third kappa shape index (κ3) is 4.21. The highest BCUT2D eigenvalue weighted by atomic mass is 32.2. The highest BCUT2D eigenvalue weighted by molar-refractivity contribution is 7.89. The Labute approximate surface area is 170 Å². The van der Waals surface area contributed by atoms with Crippen molar-refractivity contribution < 1.29 is 12.9 Å². The highest BCUT2D eigenvalue weighted by Gasteiger charge is 2.30. The molecule has 2 aromatic heterocycles. The van der Waals surface area contributed by atoms with Crippen molar-refractivity contribution in [3.05, 3.63) is 59.7 Å². The molecule has 152 valence electrons. The number of pyridine rings is 1. The molecular formula is C20H23N5O3S. The van der Waals surface area contributed by atoms with Gasteiger partial charge in [0.25, 0.3) is 0 Å². The minimum absolute atomic E-state index is 0.393. The second-order valence-corrected chi connectivity index (χ2v) is 9.11. The zero-order valence-electron chi connectivity index (χ0n) is 16.4. The monoisotopic (exact) mass is 413 g/mol. The van der Waals surface area contributed by atoms with E-state index in [0.717, 1.165) is 16.7 Å². The number of nitrogens with zero attached hydrogens (tertiary/aromatic N) is 5. The van der Waals surface area contributed by atoms with Gasteiger partial charge in [-0.15, -0.1) is 0 Å². The number of aromatic nitrogens is 3. The van der Waals surface area contributed by atoms with Gasteiger partial charge in [-0.25, -0.2) is 8.42 Å². The number of aryl methyl sites for hydroxylation is 2. The summed E-state index contributed by atoms with van der Waals surface area (Å²) >= 11 is 0. The maximum Gasteiger partial charge on any atom is 0.243 e. The molecule has 8 nitrogen and oxygen atoms in total. The van der Waals surface area contributed by atoms with Crippen molar-refractivity contribution in [2.45, 2.75) is 25.3 Å². The maximum atomic E-state index is 13.0. The molecule has 0 radical (unpaired) electrons. The molecule has 1 fully saturated rings. The van der Waals surface area contributed by atoms with Crippen LogP contribution in [0.5, 0.6) is 0 Å². The fourth-order valence-corrected chi connectivity index (χ4v) is 5.11. The quantitative estimate of drug-likeness (QED) is 0.633. The second kappa shape index (κ2) is 8.02. The van der Waals surface area contributed by atoms with Gasteiger partial charge < -0.3 is 4.52 Å². The lowest BCUT2D eigenvalue weighted by atomic mass is 10.2. The van der Waals surface area contributed by atoms with Gasteiger partial charge in [0.05, 0.1) is 11.4 Å². The fraction of sp³-hybridized carbons (Fsp3) is 0.350. The molecule has 1 aromatic carbocycles. The Hall–Kier alpha value is -2.62. The Morgan fingerprint density at radius 2 is 1.90 bits per heavy atom. The minimum Gasteiger partial charge on any atom is -0.338 e. The molecule has 0 unspecified atom stereocenters. The van der Waals surface area contributed by atoms with Gasteiger partial charge in [0.1, 0.15) is 0 Å². The summed E-state index contributed by atoms with van der Waals surface area (Å²) in [7, 11) is -3.50. The molecule has 0 aliphatic carbocycles. The molecule has 1 aliphatic rings. The Bertz CT molecular complexity index is 1090. The Kier molecular flexibility index (Phi) is 5.44. The van der Waals surface area contributed by atoms with E-state index < -0.39 is 10.0 Å². The van der Waals surface area contributed by atoms with Gasteiger partial charge in [-0.3, -0.25) is 9.88 Å². The Morgan fingerprint density at radius 3 is 2.62 bits per heavy atom. The average molecular weight is 414 g/mol. The summed E-state index contributed by atoms with van der Waals surface area (Å²) in [6.45, 7) is 6.30. The number of rotatable bonds is 5. The summed E-state index contributed by atoms with van der Waals surface area (Å²) in [5.74, 6) is 1.01. The first kappa shape index (κ1) is 19.7. The van der Waals surface area contributed by atoms with Crippen LogP contribution in [-0.4, -0.2) is 58.9 Å². The average Bonchev–Trinajstić information content (AvgIpc) is 3.19. The predicted molar refractivity (Wildman–Crippen MR) is 107 cm³/mol. The summed E-state index contributed by atoms with van der Waals surface area (Å²) < 4.78 is 33.0. The summed E-state index contributed by atoms with van der Waals surface area (Å²) in [6.07, 6.45) is 3.38. The van der Waals surface area contributed by atoms with Gasteiger partial charge in [0.2, 0.25) is 21.7 Å². The number of piperazine rings is 1. The molecule has 9 heteroatoms. The van der Waals surface area contributed by atoms with Crippen LogP contribution in [0.15, 0.2) is 52.1 Å². The van der Waals surface area contributed by atoms with Gasteiger partial charge in [-0.1, -0.05) is 17.3 Å². The van der Waals surface area contributed by atoms with Crippen molar-refractivity contribution in [3.8, 4) is 11.4 Å². The van der Waals surface area contributed by atoms with Crippen LogP contribution in [0, 0.1) is 13.8 Å². The van der Waals surface area contributed by atoms with Crippen LogP contribution < -0.4 is 0 Å². The molecular weight excluding hydrogens is 390 g/mol. The van der Waals surface area contributed by atoms with E-state index in [1.165, 1.54) is 0 Å². The summed E-state index contributed by atoms with van der Waals surface area (Å²) in [5, 5.41) is 4.00. The molecule has 29 heavy (non-hydrogen) atoms. The van der Waals surface area contributed by atoms with Crippen LogP contribution in [0.2, 0.25) is 0 Å². The van der Waals surface area contributed by atoms with Crippen LogP contribution in [0.4, 0.5) is 0 Å². The van der Waals surface area contributed by atoms with E-state index in [2.05, 4.69) is 20.0 Å². The first-order chi connectivity index (χ1) is 13.9. The first-order valence-electron chi connectivity index (χ1n) is 9.46. The molecule has 0 spiro atoms. The van der Waals surface area contributed by atoms with E-state index in [9.17, 15) is 8.42 Å². The number of hydrogen-bond donors (Lipinski definition) is 0. The predicted octanol–water partition coefficient (Wildman–Crippen LogP) is 2.25. The topological polar surface area (TPSA) is 92.4 Å². The second-order valence-electron chi connectivity index (χ2n) is 7.20. The molecule has 0 saturated carbocycles. The summed E-state index contributed by atoms with van der Waals surface area (Å²) in [5.41, 5.74) is 2.51. The highest BCUT2D eigenvalue weighted by Crippen LogP contribution is 2.23. The van der Waals surface area contributed by atoms with Crippen LogP contribution in [0.3, 0.4) is 0 Å². The van der Waals surface area contributed by atoms with Gasteiger partial charge in [-0.2, -0.15) is 9.29 Å². The first-order valence-corrected chi connectivity index (χ1v) is 10.9. The number of benzene rings is 1. The van der Waals surface area contributed by atoms with Crippen LogP contribution >= 0.6 is 0 Å². The van der Waals surface area contributed by atoms with Gasteiger partial charge in [0.15, 0.2) is 0 Å². The standard InChI is InChI=1S/C20H23N5O3S/c1-15-5-6-16(2)18(12-15)29(26,27)25-10-8-24(9-11-25)14-19-22-20(23-28-19)17-4-3-7-21-13-17/h3-7,12-13H,8-11,14H2,1-2H3. The van der Waals surface area contributed by atoms with Crippen molar-refractivity contribution in [1.82, 2.24) is 24.3 Å². The minimum atomic E-state index is -3.50. The molecule has 1 saturated heterocycles. The van der Waals surface area contributed by atoms with Crippen LogP contribution in [0.25, 0.3) is 11.4 Å². The van der Waals surface area contributed by atoms with Gasteiger partial charge in [0, 0.05) is 44.1 Å². The third-order valence-electron chi connectivity index (χ3n) is 5.04. The van der Waals surface area contributed by atoms with E-state index >= 15 is 0 Å². The van der Waals surface area contributed by atoms with Crippen molar-refractivity contribution in [3.63, 3.8) is 0 Å².